The van der Waals surface area contributed by atoms with Gasteiger partial charge in [0.05, 0.1) is 16.7 Å². The van der Waals surface area contributed by atoms with Gasteiger partial charge in [-0.25, -0.2) is 0 Å². The van der Waals surface area contributed by atoms with Gasteiger partial charge in [-0.2, -0.15) is 0 Å². The number of amides is 4. The van der Waals surface area contributed by atoms with E-state index in [1.807, 2.05) is 12.1 Å². The van der Waals surface area contributed by atoms with Crippen molar-refractivity contribution in [3.05, 3.63) is 81.5 Å². The largest absolute Gasteiger partial charge is 0.348 e. The number of anilines is 1. The number of unbranched alkanes of at least 4 members (excludes halogenated alkanes) is 7. The van der Waals surface area contributed by atoms with Gasteiger partial charge < -0.3 is 10.6 Å². The Morgan fingerprint density at radius 1 is 0.857 bits per heavy atom. The highest BCUT2D eigenvalue weighted by molar-refractivity contribution is 7.17. The van der Waals surface area contributed by atoms with Crippen LogP contribution in [0.1, 0.15) is 111 Å². The van der Waals surface area contributed by atoms with Gasteiger partial charge in [-0.1, -0.05) is 56.7 Å². The molecule has 0 fully saturated rings. The fraction of sp³-hybridized carbons (Fsp3) is 0.424. The lowest BCUT2D eigenvalue weighted by molar-refractivity contribution is -0.116. The zero-order chi connectivity index (χ0) is 29.3. The van der Waals surface area contributed by atoms with Crippen molar-refractivity contribution < 1.29 is 19.2 Å². The van der Waals surface area contributed by atoms with Crippen LogP contribution in [0.2, 0.25) is 0 Å². The SMILES string of the molecule is O=C(CCCCCCCCCCN1C(=O)c2ccccc2C1=O)Nc1sc2c(c1C(=O)NCc1cccnc1)CCC2. The first-order valence-corrected chi connectivity index (χ1v) is 15.9. The third kappa shape index (κ3) is 7.13. The molecule has 2 aliphatic rings. The van der Waals surface area contributed by atoms with Gasteiger partial charge in [0.25, 0.3) is 17.7 Å². The summed E-state index contributed by atoms with van der Waals surface area (Å²) in [6.07, 6.45) is 14.7. The second-order valence-corrected chi connectivity index (χ2v) is 12.1. The average molecular weight is 587 g/mol. The summed E-state index contributed by atoms with van der Waals surface area (Å²) in [5.74, 6) is -0.534. The van der Waals surface area contributed by atoms with E-state index in [0.29, 0.717) is 41.2 Å². The summed E-state index contributed by atoms with van der Waals surface area (Å²) in [5.41, 5.74) is 3.68. The van der Waals surface area contributed by atoms with E-state index in [1.165, 1.54) is 9.78 Å². The number of hydrogen-bond acceptors (Lipinski definition) is 6. The molecule has 0 atom stereocenters. The van der Waals surface area contributed by atoms with Crippen LogP contribution in [0, 0.1) is 0 Å². The average Bonchev–Trinajstić information content (AvgIpc) is 3.66. The Bertz CT molecular complexity index is 1400. The molecule has 0 unspecified atom stereocenters. The fourth-order valence-corrected chi connectivity index (χ4v) is 7.06. The summed E-state index contributed by atoms with van der Waals surface area (Å²) in [6, 6.07) is 10.8. The molecule has 0 saturated heterocycles. The quantitative estimate of drug-likeness (QED) is 0.160. The Labute approximate surface area is 250 Å². The minimum absolute atomic E-state index is 0.0376. The zero-order valence-electron chi connectivity index (χ0n) is 24.0. The van der Waals surface area contributed by atoms with E-state index in [2.05, 4.69) is 15.6 Å². The summed E-state index contributed by atoms with van der Waals surface area (Å²) in [5, 5.41) is 6.70. The van der Waals surface area contributed by atoms with Gasteiger partial charge in [0, 0.05) is 36.8 Å². The molecule has 0 spiro atoms. The Kier molecular flexibility index (Phi) is 10.1. The van der Waals surface area contributed by atoms with Crippen molar-refractivity contribution in [2.45, 2.75) is 83.6 Å². The van der Waals surface area contributed by atoms with Gasteiger partial charge in [0.2, 0.25) is 5.91 Å². The lowest BCUT2D eigenvalue weighted by Crippen LogP contribution is -2.30. The topological polar surface area (TPSA) is 108 Å². The van der Waals surface area contributed by atoms with Gasteiger partial charge in [-0.15, -0.1) is 11.3 Å². The minimum Gasteiger partial charge on any atom is -0.348 e. The van der Waals surface area contributed by atoms with Gasteiger partial charge in [0.1, 0.15) is 5.00 Å². The second kappa shape index (κ2) is 14.4. The van der Waals surface area contributed by atoms with E-state index in [1.54, 1.807) is 48.0 Å². The molecular formula is C33H38N4O4S. The number of thiophene rings is 1. The number of pyridine rings is 1. The van der Waals surface area contributed by atoms with E-state index in [0.717, 1.165) is 81.8 Å². The molecule has 2 N–H and O–H groups in total. The number of imide groups is 1. The molecule has 9 heteroatoms. The van der Waals surface area contributed by atoms with Crippen LogP contribution < -0.4 is 10.6 Å². The summed E-state index contributed by atoms with van der Waals surface area (Å²) >= 11 is 1.54. The van der Waals surface area contributed by atoms with E-state index in [9.17, 15) is 19.2 Å². The van der Waals surface area contributed by atoms with Crippen molar-refractivity contribution in [3.8, 4) is 0 Å². The molecule has 1 aliphatic heterocycles. The van der Waals surface area contributed by atoms with Crippen LogP contribution in [-0.2, 0) is 24.2 Å². The van der Waals surface area contributed by atoms with Crippen LogP contribution in [0.4, 0.5) is 5.00 Å². The third-order valence-electron chi connectivity index (χ3n) is 7.99. The second-order valence-electron chi connectivity index (χ2n) is 11.0. The smallest absolute Gasteiger partial charge is 0.261 e. The molecule has 8 nitrogen and oxygen atoms in total. The highest BCUT2D eigenvalue weighted by Crippen LogP contribution is 2.39. The molecule has 4 amide bonds. The monoisotopic (exact) mass is 586 g/mol. The normalized spacial score (nSPS) is 13.8. The molecule has 0 bridgehead atoms. The van der Waals surface area contributed by atoms with Crippen molar-refractivity contribution in [3.63, 3.8) is 0 Å². The lowest BCUT2D eigenvalue weighted by atomic mass is 10.1. The summed E-state index contributed by atoms with van der Waals surface area (Å²) in [7, 11) is 0. The number of benzene rings is 1. The van der Waals surface area contributed by atoms with E-state index < -0.39 is 0 Å². The predicted molar refractivity (Wildman–Crippen MR) is 164 cm³/mol. The fourth-order valence-electron chi connectivity index (χ4n) is 5.75. The number of aryl methyl sites for hydroxylation is 1. The number of aromatic nitrogens is 1. The van der Waals surface area contributed by atoms with Gasteiger partial charge in [-0.05, 0) is 61.4 Å². The van der Waals surface area contributed by atoms with Gasteiger partial charge in [0.15, 0.2) is 0 Å². The zero-order valence-corrected chi connectivity index (χ0v) is 24.8. The Balaban J connectivity index is 0.956. The molecule has 42 heavy (non-hydrogen) atoms. The first-order valence-electron chi connectivity index (χ1n) is 15.1. The molecule has 1 aliphatic carbocycles. The minimum atomic E-state index is -0.178. The van der Waals surface area contributed by atoms with Crippen molar-refractivity contribution in [2.75, 3.05) is 11.9 Å². The molecule has 220 valence electrons. The Morgan fingerprint density at radius 2 is 1.55 bits per heavy atom. The number of rotatable bonds is 15. The number of carbonyl (C=O) groups excluding carboxylic acids is 4. The van der Waals surface area contributed by atoms with Crippen LogP contribution in [0.3, 0.4) is 0 Å². The Hall–Kier alpha value is -3.85. The van der Waals surface area contributed by atoms with Gasteiger partial charge in [-0.3, -0.25) is 29.1 Å². The molecule has 0 saturated carbocycles. The highest BCUT2D eigenvalue weighted by atomic mass is 32.1. The lowest BCUT2D eigenvalue weighted by Gasteiger charge is -2.13. The molecule has 5 rings (SSSR count). The van der Waals surface area contributed by atoms with Crippen LogP contribution in [0.5, 0.6) is 0 Å². The Morgan fingerprint density at radius 3 is 2.24 bits per heavy atom. The van der Waals surface area contributed by atoms with Gasteiger partial charge >= 0.3 is 0 Å². The standard InChI is InChI=1S/C33H38N4O4S/c38-28(36-31-29(26-16-11-17-27(26)42-31)30(39)35-22-23-13-12-19-34-21-23)18-7-5-3-1-2-4-6-10-20-37-32(40)24-14-8-9-15-25(24)33(37)41/h8-9,12-15,19,21H,1-7,10-11,16-18,20,22H2,(H,35,39)(H,36,38). The molecule has 3 heterocycles. The number of hydrogen-bond donors (Lipinski definition) is 2. The molecule has 3 aromatic rings. The number of carbonyl (C=O) groups is 4. The number of fused-ring (bicyclic) bond motifs is 2. The highest BCUT2D eigenvalue weighted by Gasteiger charge is 2.34. The maximum absolute atomic E-state index is 13.1. The number of nitrogens with one attached hydrogen (secondary N) is 2. The first kappa shape index (κ1) is 29.6. The van der Waals surface area contributed by atoms with E-state index >= 15 is 0 Å². The van der Waals surface area contributed by atoms with E-state index in [4.69, 9.17) is 0 Å². The van der Waals surface area contributed by atoms with E-state index in [-0.39, 0.29) is 23.6 Å². The third-order valence-corrected chi connectivity index (χ3v) is 9.20. The molecule has 2 aromatic heterocycles. The first-order chi connectivity index (χ1) is 20.5. The molecular weight excluding hydrogens is 548 g/mol. The molecule has 0 radical (unpaired) electrons. The predicted octanol–water partition coefficient (Wildman–Crippen LogP) is 6.31. The maximum Gasteiger partial charge on any atom is 0.261 e. The van der Waals surface area contributed by atoms with Crippen LogP contribution in [0.15, 0.2) is 48.8 Å². The summed E-state index contributed by atoms with van der Waals surface area (Å²) in [4.78, 5) is 57.4. The van der Waals surface area contributed by atoms with Crippen molar-refractivity contribution in [2.24, 2.45) is 0 Å². The maximum atomic E-state index is 13.1. The van der Waals surface area contributed by atoms with Crippen LogP contribution in [-0.4, -0.2) is 40.1 Å². The van der Waals surface area contributed by atoms with Crippen molar-refractivity contribution >= 4 is 40.0 Å². The summed E-state index contributed by atoms with van der Waals surface area (Å²) in [6.45, 7) is 0.875. The number of nitrogens with zero attached hydrogens (tertiary/aromatic N) is 2. The van der Waals surface area contributed by atoms with Crippen molar-refractivity contribution in [1.82, 2.24) is 15.2 Å². The van der Waals surface area contributed by atoms with Crippen LogP contribution in [0.25, 0.3) is 0 Å². The van der Waals surface area contributed by atoms with Crippen LogP contribution >= 0.6 is 11.3 Å². The summed E-state index contributed by atoms with van der Waals surface area (Å²) < 4.78 is 0. The van der Waals surface area contributed by atoms with Crippen molar-refractivity contribution in [1.29, 1.82) is 0 Å². The molecule has 1 aromatic carbocycles.